The van der Waals surface area contributed by atoms with E-state index in [1.165, 1.54) is 16.7 Å². The number of amides is 2. The van der Waals surface area contributed by atoms with Gasteiger partial charge in [-0.15, -0.1) is 16.9 Å². The van der Waals surface area contributed by atoms with Crippen LogP contribution in [0.2, 0.25) is 0 Å². The molecule has 0 unspecified atom stereocenters. The Morgan fingerprint density at radius 3 is 2.44 bits per heavy atom. The minimum Gasteiger partial charge on any atom is -0.480 e. The van der Waals surface area contributed by atoms with Crippen molar-refractivity contribution in [2.45, 2.75) is 61.4 Å². The van der Waals surface area contributed by atoms with Crippen LogP contribution < -0.4 is 22.5 Å². The number of β-lactam (4-membered cyclic amide) rings is 1. The highest BCUT2D eigenvalue weighted by molar-refractivity contribution is 8.01. The van der Waals surface area contributed by atoms with E-state index in [2.05, 4.69) is 20.8 Å². The van der Waals surface area contributed by atoms with Gasteiger partial charge in [0.05, 0.1) is 6.42 Å². The van der Waals surface area contributed by atoms with Gasteiger partial charge in [-0.25, -0.2) is 9.48 Å². The Bertz CT molecular complexity index is 1440. The van der Waals surface area contributed by atoms with Gasteiger partial charge in [0.25, 0.3) is 5.91 Å². The van der Waals surface area contributed by atoms with Crippen molar-refractivity contribution in [3.8, 4) is 0 Å². The van der Waals surface area contributed by atoms with Crippen LogP contribution in [0.15, 0.2) is 40.7 Å². The third-order valence-corrected chi connectivity index (χ3v) is 9.08. The number of rotatable bonds is 15. The van der Waals surface area contributed by atoms with Gasteiger partial charge in [-0.05, 0) is 46.5 Å². The van der Waals surface area contributed by atoms with Crippen molar-refractivity contribution in [3.63, 3.8) is 0 Å². The highest BCUT2D eigenvalue weighted by atomic mass is 32.2. The molecule has 0 radical (unpaired) electrons. The van der Waals surface area contributed by atoms with E-state index in [9.17, 15) is 29.1 Å². The van der Waals surface area contributed by atoms with Gasteiger partial charge >= 0.3 is 17.9 Å². The van der Waals surface area contributed by atoms with Gasteiger partial charge in [-0.1, -0.05) is 42.4 Å². The molecule has 4 rings (SSSR count). The second kappa shape index (κ2) is 16.9. The molecule has 45 heavy (non-hydrogen) atoms. The predicted molar refractivity (Wildman–Crippen MR) is 162 cm³/mol. The van der Waals surface area contributed by atoms with Gasteiger partial charge < -0.3 is 37.8 Å². The molecule has 1 fully saturated rings. The summed E-state index contributed by atoms with van der Waals surface area (Å²) in [4.78, 5) is 59.7. The summed E-state index contributed by atoms with van der Waals surface area (Å²) in [5, 5.41) is 40.3. The highest BCUT2D eigenvalue weighted by Crippen LogP contribution is 2.41. The van der Waals surface area contributed by atoms with E-state index in [4.69, 9.17) is 27.4 Å². The molecule has 10 N–H and O–H groups in total. The molecule has 17 nitrogen and oxygen atoms in total. The maximum atomic E-state index is 12.8. The summed E-state index contributed by atoms with van der Waals surface area (Å²) in [6.45, 7) is 0.458. The number of carbonyl (C=O) groups is 5. The molecule has 19 heteroatoms. The molecule has 0 saturated carbocycles. The van der Waals surface area contributed by atoms with Crippen LogP contribution in [0, 0.1) is 0 Å². The van der Waals surface area contributed by atoms with Crippen LogP contribution >= 0.6 is 23.5 Å². The summed E-state index contributed by atoms with van der Waals surface area (Å²) in [6, 6.07) is 5.72. The Labute approximate surface area is 265 Å². The topological polar surface area (TPSA) is 283 Å². The number of aromatic nitrogens is 4. The average Bonchev–Trinajstić information content (AvgIpc) is 3.44. The van der Waals surface area contributed by atoms with Gasteiger partial charge in [-0.2, -0.15) is 0 Å². The SMILES string of the molecule is NCCCC[C@H](N)C(=O)O.NCc1ccccc1CC(=O)N[C@@H]1C(=O)N2C(C(=O)O)=C(CSc3nnnn3CC(=O)O)CS[C@H]12. The fraction of sp³-hybridized carbons (Fsp3) is 0.462. The van der Waals surface area contributed by atoms with Crippen molar-refractivity contribution in [1.82, 2.24) is 30.4 Å². The molecule has 244 valence electrons. The van der Waals surface area contributed by atoms with Crippen molar-refractivity contribution in [3.05, 3.63) is 46.7 Å². The lowest BCUT2D eigenvalue weighted by Gasteiger charge is -2.49. The fourth-order valence-electron chi connectivity index (χ4n) is 4.43. The maximum Gasteiger partial charge on any atom is 0.352 e. The number of nitrogens with two attached hydrogens (primary N) is 3. The predicted octanol–water partition coefficient (Wildman–Crippen LogP) is -1.18. The lowest BCUT2D eigenvalue weighted by molar-refractivity contribution is -0.150. The fourth-order valence-corrected chi connectivity index (χ4v) is 6.79. The standard InChI is InChI=1S/C20H21N7O6S2.C6H14N2O2/c21-6-11-4-2-1-3-10(11)5-13(28)22-15-17(31)27-16(19(32)33)12(8-34-18(15)27)9-35-20-23-24-25-26(20)7-14(29)30;7-4-2-1-3-5(8)6(9)10/h1-4,15,18H,5-9,21H2,(H,22,28)(H,29,30)(H,32,33);5H,1-4,7-8H2,(H,9,10)/t15-,18-;5-/m10/s1. The summed E-state index contributed by atoms with van der Waals surface area (Å²) < 4.78 is 1.09. The Hall–Kier alpha value is -4.04. The molecule has 2 aromatic rings. The molecule has 1 aromatic carbocycles. The molecule has 1 aromatic heterocycles. The minimum absolute atomic E-state index is 0.0586. The summed E-state index contributed by atoms with van der Waals surface area (Å²) in [6.07, 6.45) is 2.22. The van der Waals surface area contributed by atoms with Gasteiger partial charge in [0, 0.05) is 18.1 Å². The van der Waals surface area contributed by atoms with Crippen molar-refractivity contribution < 1.29 is 39.3 Å². The number of carboxylic acid groups (broad SMARTS) is 3. The monoisotopic (exact) mass is 665 g/mol. The number of nitrogens with zero attached hydrogens (tertiary/aromatic N) is 5. The van der Waals surface area contributed by atoms with E-state index in [0.717, 1.165) is 40.4 Å². The first-order valence-electron chi connectivity index (χ1n) is 13.7. The summed E-state index contributed by atoms with van der Waals surface area (Å²) in [5.41, 5.74) is 18.1. The van der Waals surface area contributed by atoms with Crippen molar-refractivity contribution >= 4 is 53.2 Å². The zero-order valence-electron chi connectivity index (χ0n) is 24.1. The van der Waals surface area contributed by atoms with Crippen LogP contribution in [0.4, 0.5) is 0 Å². The first kappa shape index (κ1) is 35.4. The van der Waals surface area contributed by atoms with Crippen molar-refractivity contribution in [2.24, 2.45) is 17.2 Å². The van der Waals surface area contributed by atoms with Crippen LogP contribution in [-0.4, -0.2) is 106 Å². The van der Waals surface area contributed by atoms with E-state index in [1.54, 1.807) is 12.1 Å². The first-order valence-corrected chi connectivity index (χ1v) is 15.8. The van der Waals surface area contributed by atoms with E-state index >= 15 is 0 Å². The van der Waals surface area contributed by atoms with E-state index in [0.29, 0.717) is 24.3 Å². The summed E-state index contributed by atoms with van der Waals surface area (Å²) in [5.74, 6) is -3.70. The van der Waals surface area contributed by atoms with Crippen LogP contribution in [0.3, 0.4) is 0 Å². The molecule has 3 atom stereocenters. The number of hydrogen-bond acceptors (Lipinski definition) is 13. The zero-order valence-corrected chi connectivity index (χ0v) is 25.7. The third kappa shape index (κ3) is 9.47. The van der Waals surface area contributed by atoms with Crippen LogP contribution in [0.1, 0.15) is 30.4 Å². The number of nitrogens with one attached hydrogen (secondary N) is 1. The van der Waals surface area contributed by atoms with Gasteiger partial charge in [0.15, 0.2) is 0 Å². The third-order valence-electron chi connectivity index (χ3n) is 6.70. The van der Waals surface area contributed by atoms with Crippen molar-refractivity contribution in [2.75, 3.05) is 18.1 Å². The summed E-state index contributed by atoms with van der Waals surface area (Å²) >= 11 is 2.42. The Morgan fingerprint density at radius 2 is 1.82 bits per heavy atom. The van der Waals surface area contributed by atoms with E-state index < -0.39 is 47.8 Å². The maximum absolute atomic E-state index is 12.8. The number of fused-ring (bicyclic) bond motifs is 1. The molecule has 2 amide bonds. The molecular weight excluding hydrogens is 630 g/mol. The molecule has 0 spiro atoms. The van der Waals surface area contributed by atoms with Crippen LogP contribution in [0.25, 0.3) is 0 Å². The molecule has 3 heterocycles. The Kier molecular flexibility index (Phi) is 13.3. The molecular formula is C26H35N9O8S2. The quantitative estimate of drug-likeness (QED) is 0.0669. The molecule has 2 aliphatic rings. The normalized spacial score (nSPS) is 17.8. The second-order valence-corrected chi connectivity index (χ2v) is 11.9. The average molecular weight is 666 g/mol. The molecule has 0 bridgehead atoms. The number of carboxylic acids is 3. The first-order chi connectivity index (χ1) is 21.5. The van der Waals surface area contributed by atoms with Gasteiger partial charge in [0.1, 0.15) is 29.7 Å². The lowest BCUT2D eigenvalue weighted by atomic mass is 10.0. The number of tetrazole rings is 1. The Morgan fingerprint density at radius 1 is 1.11 bits per heavy atom. The summed E-state index contributed by atoms with van der Waals surface area (Å²) in [7, 11) is 0. The number of carbonyl (C=O) groups excluding carboxylic acids is 2. The molecule has 0 aliphatic carbocycles. The Balaban J connectivity index is 0.000000477. The molecule has 1 saturated heterocycles. The lowest BCUT2D eigenvalue weighted by Crippen LogP contribution is -2.70. The number of aliphatic carboxylic acids is 3. The van der Waals surface area contributed by atoms with Crippen LogP contribution in [-0.2, 0) is 43.5 Å². The minimum atomic E-state index is -1.26. The number of unbranched alkanes of at least 4 members (excludes halogenated alkanes) is 1. The van der Waals surface area contributed by atoms with Crippen molar-refractivity contribution in [1.29, 1.82) is 0 Å². The second-order valence-electron chi connectivity index (χ2n) is 9.89. The highest BCUT2D eigenvalue weighted by Gasteiger charge is 2.54. The van der Waals surface area contributed by atoms with Crippen LogP contribution in [0.5, 0.6) is 0 Å². The smallest absolute Gasteiger partial charge is 0.352 e. The number of benzene rings is 1. The van der Waals surface area contributed by atoms with Gasteiger partial charge in [0.2, 0.25) is 11.1 Å². The van der Waals surface area contributed by atoms with E-state index in [1.807, 2.05) is 12.1 Å². The van der Waals surface area contributed by atoms with Gasteiger partial charge in [-0.3, -0.25) is 24.1 Å². The largest absolute Gasteiger partial charge is 0.480 e. The number of hydrogen-bond donors (Lipinski definition) is 7. The number of thioether (sulfide) groups is 2. The zero-order chi connectivity index (χ0) is 33.1. The molecule has 2 aliphatic heterocycles. The van der Waals surface area contributed by atoms with E-state index in [-0.39, 0.29) is 35.5 Å².